The van der Waals surface area contributed by atoms with Gasteiger partial charge in [-0.15, -0.1) is 6.42 Å². The molecule has 2 aromatic carbocycles. The minimum absolute atomic E-state index is 0.0738. The van der Waals surface area contributed by atoms with Crippen LogP contribution in [-0.4, -0.2) is 42.3 Å². The zero-order valence-corrected chi connectivity index (χ0v) is 20.5. The number of fused-ring (bicyclic) bond motifs is 2. The molecule has 0 saturated carbocycles. The number of carbonyl (C=O) groups excluding carboxylic acids is 3. The van der Waals surface area contributed by atoms with Crippen LogP contribution >= 0.6 is 0 Å². The molecule has 4 atom stereocenters. The minimum atomic E-state index is -0.849. The Morgan fingerprint density at radius 3 is 2.81 bits per heavy atom. The van der Waals surface area contributed by atoms with E-state index in [9.17, 15) is 18.8 Å². The lowest BCUT2D eigenvalue weighted by molar-refractivity contribution is -0.125. The number of hydrogen-bond donors (Lipinski definition) is 3. The van der Waals surface area contributed by atoms with Crippen LogP contribution in [0.4, 0.5) is 4.39 Å². The van der Waals surface area contributed by atoms with E-state index in [0.717, 1.165) is 10.9 Å². The highest BCUT2D eigenvalue weighted by Crippen LogP contribution is 2.39. The summed E-state index contributed by atoms with van der Waals surface area (Å²) >= 11 is 0. The molecule has 7 nitrogen and oxygen atoms in total. The number of methoxy groups -OCH3 is 1. The highest BCUT2D eigenvalue weighted by Gasteiger charge is 2.41. The Bertz CT molecular complexity index is 1420. The molecule has 0 spiro atoms. The zero-order valence-electron chi connectivity index (χ0n) is 20.5. The second-order valence-corrected chi connectivity index (χ2v) is 9.67. The largest absolute Gasteiger partial charge is 0.496 e. The normalized spacial score (nSPS) is 21.5. The van der Waals surface area contributed by atoms with Gasteiger partial charge in [0.25, 0.3) is 0 Å². The summed E-state index contributed by atoms with van der Waals surface area (Å²) in [6.45, 7) is 0.585. The van der Waals surface area contributed by atoms with Gasteiger partial charge in [0, 0.05) is 29.3 Å². The number of ketones is 1. The summed E-state index contributed by atoms with van der Waals surface area (Å²) in [5.74, 6) is 0.352. The van der Waals surface area contributed by atoms with Gasteiger partial charge in [-0.25, -0.2) is 4.39 Å². The number of aromatic amines is 1. The third kappa shape index (κ3) is 4.69. The topological polar surface area (TPSA) is 100 Å². The van der Waals surface area contributed by atoms with E-state index in [1.807, 2.05) is 18.2 Å². The maximum atomic E-state index is 14.0. The lowest BCUT2D eigenvalue weighted by Crippen LogP contribution is -2.44. The van der Waals surface area contributed by atoms with Crippen molar-refractivity contribution in [3.8, 4) is 18.1 Å². The first-order valence-corrected chi connectivity index (χ1v) is 12.4. The summed E-state index contributed by atoms with van der Waals surface area (Å²) in [4.78, 5) is 42.7. The number of rotatable bonds is 7. The predicted molar refractivity (Wildman–Crippen MR) is 137 cm³/mol. The molecule has 1 aliphatic carbocycles. The fourth-order valence-corrected chi connectivity index (χ4v) is 5.62. The number of carbonyl (C=O) groups is 3. The van der Waals surface area contributed by atoms with Gasteiger partial charge in [0.15, 0.2) is 5.78 Å². The number of hydrogen-bond acceptors (Lipinski definition) is 4. The van der Waals surface area contributed by atoms with Crippen LogP contribution in [-0.2, 0) is 16.0 Å². The summed E-state index contributed by atoms with van der Waals surface area (Å²) in [7, 11) is 1.57. The summed E-state index contributed by atoms with van der Waals surface area (Å²) in [6.07, 6.45) is 7.54. The molecule has 37 heavy (non-hydrogen) atoms. The van der Waals surface area contributed by atoms with Crippen LogP contribution in [0.5, 0.6) is 5.75 Å². The molecule has 0 radical (unpaired) electrons. The molecular weight excluding hydrogens is 473 g/mol. The minimum Gasteiger partial charge on any atom is -0.496 e. The van der Waals surface area contributed by atoms with E-state index in [0.29, 0.717) is 54.8 Å². The average molecular weight is 502 g/mol. The molecule has 1 fully saturated rings. The van der Waals surface area contributed by atoms with Crippen molar-refractivity contribution in [3.05, 3.63) is 65.1 Å². The SMILES string of the molecule is C#C[C@H](C[C@@H]1CCNC1=O)NC(=O)C1c2ccc(F)cc2CCC1C(=O)c1cc2c(OC)cccc2[nH]1. The van der Waals surface area contributed by atoms with E-state index in [4.69, 9.17) is 11.2 Å². The predicted octanol–water partition coefficient (Wildman–Crippen LogP) is 3.49. The van der Waals surface area contributed by atoms with E-state index < -0.39 is 23.8 Å². The first kappa shape index (κ1) is 24.6. The smallest absolute Gasteiger partial charge is 0.229 e. The maximum absolute atomic E-state index is 14.0. The molecule has 1 saturated heterocycles. The number of H-pyrrole nitrogens is 1. The van der Waals surface area contributed by atoms with Gasteiger partial charge in [-0.1, -0.05) is 18.1 Å². The Hall–Kier alpha value is -4.12. The molecule has 3 aromatic rings. The van der Waals surface area contributed by atoms with Crippen LogP contribution in [0.2, 0.25) is 0 Å². The van der Waals surface area contributed by atoms with Gasteiger partial charge >= 0.3 is 0 Å². The number of amides is 2. The van der Waals surface area contributed by atoms with Crippen LogP contribution < -0.4 is 15.4 Å². The molecule has 190 valence electrons. The first-order chi connectivity index (χ1) is 17.9. The molecule has 1 aromatic heterocycles. The van der Waals surface area contributed by atoms with Crippen molar-refractivity contribution in [1.82, 2.24) is 15.6 Å². The van der Waals surface area contributed by atoms with Crippen molar-refractivity contribution in [3.63, 3.8) is 0 Å². The van der Waals surface area contributed by atoms with E-state index in [-0.39, 0.29) is 23.4 Å². The lowest BCUT2D eigenvalue weighted by atomic mass is 9.72. The van der Waals surface area contributed by atoms with Crippen LogP contribution in [0, 0.1) is 30.0 Å². The third-order valence-corrected chi connectivity index (χ3v) is 7.50. The van der Waals surface area contributed by atoms with E-state index >= 15 is 0 Å². The van der Waals surface area contributed by atoms with Gasteiger partial charge in [0.2, 0.25) is 11.8 Å². The summed E-state index contributed by atoms with van der Waals surface area (Å²) in [6, 6.07) is 10.9. The van der Waals surface area contributed by atoms with Crippen molar-refractivity contribution in [2.24, 2.45) is 11.8 Å². The fraction of sp³-hybridized carbons (Fsp3) is 0.345. The van der Waals surface area contributed by atoms with E-state index in [2.05, 4.69) is 21.5 Å². The number of aryl methyl sites for hydroxylation is 1. The fourth-order valence-electron chi connectivity index (χ4n) is 5.62. The standard InChI is InChI=1S/C29H28FN3O4/c1-3-19(14-17-11-12-31-28(17)35)32-29(36)26-20-10-8-18(30)13-16(20)7-9-21(26)27(34)24-15-22-23(33-24)5-4-6-25(22)37-2/h1,4-6,8,10,13,15,17,19,21,26,33H,7,9,11-12,14H2,2H3,(H,31,35)(H,32,36)/t17-,19+,21?,26?/m0/s1. The molecule has 2 amide bonds. The second kappa shape index (κ2) is 10.1. The highest BCUT2D eigenvalue weighted by atomic mass is 19.1. The molecule has 2 aliphatic rings. The molecular formula is C29H28FN3O4. The Balaban J connectivity index is 1.46. The van der Waals surface area contributed by atoms with Crippen LogP contribution in [0.25, 0.3) is 10.9 Å². The quantitative estimate of drug-likeness (QED) is 0.341. The highest BCUT2D eigenvalue weighted by molar-refractivity contribution is 6.05. The molecule has 1 aliphatic heterocycles. The number of Topliss-reactive ketones (excluding diaryl/α,β-unsaturated/α-hetero) is 1. The Morgan fingerprint density at radius 1 is 1.24 bits per heavy atom. The molecule has 5 rings (SSSR count). The first-order valence-electron chi connectivity index (χ1n) is 12.4. The Kier molecular flexibility index (Phi) is 6.70. The zero-order chi connectivity index (χ0) is 26.1. The molecule has 2 unspecified atom stereocenters. The van der Waals surface area contributed by atoms with Gasteiger partial charge in [0.1, 0.15) is 11.6 Å². The van der Waals surface area contributed by atoms with E-state index in [1.165, 1.54) is 12.1 Å². The van der Waals surface area contributed by atoms with Gasteiger partial charge in [-0.05, 0) is 67.1 Å². The Labute approximate surface area is 214 Å². The molecule has 0 bridgehead atoms. The monoisotopic (exact) mass is 501 g/mol. The van der Waals surface area contributed by atoms with E-state index in [1.54, 1.807) is 19.2 Å². The summed E-state index contributed by atoms with van der Waals surface area (Å²) in [5, 5.41) is 6.44. The van der Waals surface area contributed by atoms with Crippen LogP contribution in [0.15, 0.2) is 42.5 Å². The molecule has 2 heterocycles. The van der Waals surface area contributed by atoms with Crippen molar-refractivity contribution < 1.29 is 23.5 Å². The molecule has 8 heteroatoms. The number of aromatic nitrogens is 1. The van der Waals surface area contributed by atoms with Gasteiger partial charge in [0.05, 0.1) is 24.8 Å². The maximum Gasteiger partial charge on any atom is 0.229 e. The number of benzene rings is 2. The number of nitrogens with one attached hydrogen (secondary N) is 3. The summed E-state index contributed by atoms with van der Waals surface area (Å²) < 4.78 is 19.4. The van der Waals surface area contributed by atoms with Gasteiger partial charge < -0.3 is 20.4 Å². The number of halogens is 1. The van der Waals surface area contributed by atoms with Crippen molar-refractivity contribution in [2.75, 3.05) is 13.7 Å². The lowest BCUT2D eigenvalue weighted by Gasteiger charge is -2.32. The van der Waals surface area contributed by atoms with Crippen LogP contribution in [0.1, 0.15) is 46.8 Å². The van der Waals surface area contributed by atoms with Crippen molar-refractivity contribution >= 4 is 28.5 Å². The second-order valence-electron chi connectivity index (χ2n) is 9.67. The number of ether oxygens (including phenoxy) is 1. The average Bonchev–Trinajstić information content (AvgIpc) is 3.52. The third-order valence-electron chi connectivity index (χ3n) is 7.50. The van der Waals surface area contributed by atoms with Gasteiger partial charge in [-0.2, -0.15) is 0 Å². The van der Waals surface area contributed by atoms with Crippen molar-refractivity contribution in [2.45, 2.75) is 37.6 Å². The summed E-state index contributed by atoms with van der Waals surface area (Å²) in [5.41, 5.74) is 2.45. The Morgan fingerprint density at radius 2 is 2.08 bits per heavy atom. The molecule has 3 N–H and O–H groups in total. The van der Waals surface area contributed by atoms with Crippen LogP contribution in [0.3, 0.4) is 0 Å². The number of terminal acetylenes is 1. The van der Waals surface area contributed by atoms with Gasteiger partial charge in [-0.3, -0.25) is 14.4 Å². The van der Waals surface area contributed by atoms with Crippen molar-refractivity contribution in [1.29, 1.82) is 0 Å².